The van der Waals surface area contributed by atoms with E-state index >= 15 is 0 Å². The highest BCUT2D eigenvalue weighted by atomic mass is 16.6. The lowest BCUT2D eigenvalue weighted by atomic mass is 9.75. The summed E-state index contributed by atoms with van der Waals surface area (Å²) >= 11 is 0. The first-order valence-electron chi connectivity index (χ1n) is 7.47. The number of carbonyl (C=O) groups excluding carboxylic acids is 2. The Kier molecular flexibility index (Phi) is 3.76. The summed E-state index contributed by atoms with van der Waals surface area (Å²) in [5, 5.41) is 20.4. The zero-order valence-corrected chi connectivity index (χ0v) is 13.5. The van der Waals surface area contributed by atoms with Crippen molar-refractivity contribution < 1.29 is 34.0 Å². The molecule has 2 N–H and O–H groups in total. The second kappa shape index (κ2) is 5.52. The van der Waals surface area contributed by atoms with E-state index in [1.165, 1.54) is 20.1 Å². The molecule has 0 fully saturated rings. The molecule has 24 heavy (non-hydrogen) atoms. The molecule has 1 aliphatic heterocycles. The van der Waals surface area contributed by atoms with Gasteiger partial charge in [0.15, 0.2) is 0 Å². The number of aromatic hydroxyl groups is 1. The molecular formula is C17H18O7. The van der Waals surface area contributed by atoms with E-state index in [-0.39, 0.29) is 17.7 Å². The molecule has 0 bridgehead atoms. The number of aliphatic hydroxyl groups excluding tert-OH is 1. The fraction of sp³-hybridized carbons (Fsp3) is 0.412. The van der Waals surface area contributed by atoms with Gasteiger partial charge in [-0.2, -0.15) is 0 Å². The highest BCUT2D eigenvalue weighted by Crippen LogP contribution is 2.47. The van der Waals surface area contributed by atoms with Gasteiger partial charge in [0.1, 0.15) is 28.8 Å². The largest absolute Gasteiger partial charge is 0.507 e. The maximum atomic E-state index is 12.3. The lowest BCUT2D eigenvalue weighted by Crippen LogP contribution is -2.48. The lowest BCUT2D eigenvalue weighted by molar-refractivity contribution is -0.151. The molecular weight excluding hydrogens is 316 g/mol. The van der Waals surface area contributed by atoms with Crippen LogP contribution in [0.25, 0.3) is 5.57 Å². The van der Waals surface area contributed by atoms with Crippen LogP contribution in [-0.2, 0) is 14.3 Å². The van der Waals surface area contributed by atoms with Gasteiger partial charge in [0, 0.05) is 30.5 Å². The SMILES string of the molecule is COc1cc(O)c2c(c1)C1=C[C@H](OC(C)=O)[C@@H](O)C[C@]1(C)OC2=O. The normalized spacial score (nSPS) is 28.2. The van der Waals surface area contributed by atoms with Crippen molar-refractivity contribution in [2.24, 2.45) is 0 Å². The number of benzene rings is 1. The standard InChI is InChI=1S/C17H18O7/c1-8(18)23-14-6-11-10-4-9(22-3)5-12(19)15(10)16(21)24-17(11,2)7-13(14)20/h4-6,13-14,19-20H,7H2,1-3H3/t13-,14-,17-/m0/s1. The van der Waals surface area contributed by atoms with Crippen LogP contribution in [0.5, 0.6) is 11.5 Å². The fourth-order valence-electron chi connectivity index (χ4n) is 3.25. The van der Waals surface area contributed by atoms with Crippen molar-refractivity contribution in [3.05, 3.63) is 29.3 Å². The second-order valence-corrected chi connectivity index (χ2v) is 6.12. The first-order chi connectivity index (χ1) is 11.2. The smallest absolute Gasteiger partial charge is 0.343 e. The molecule has 0 aromatic heterocycles. The monoisotopic (exact) mass is 334 g/mol. The molecule has 0 spiro atoms. The average molecular weight is 334 g/mol. The molecule has 0 amide bonds. The minimum atomic E-state index is -1.08. The third kappa shape index (κ3) is 2.50. The van der Waals surface area contributed by atoms with Gasteiger partial charge >= 0.3 is 11.9 Å². The van der Waals surface area contributed by atoms with E-state index in [2.05, 4.69) is 0 Å². The molecule has 1 aromatic carbocycles. The van der Waals surface area contributed by atoms with Crippen molar-refractivity contribution in [3.63, 3.8) is 0 Å². The first-order valence-corrected chi connectivity index (χ1v) is 7.47. The van der Waals surface area contributed by atoms with Gasteiger partial charge in [0.05, 0.1) is 13.2 Å². The first kappa shape index (κ1) is 16.3. The number of fused-ring (bicyclic) bond motifs is 3. The van der Waals surface area contributed by atoms with E-state index in [0.717, 1.165) is 0 Å². The third-order valence-electron chi connectivity index (χ3n) is 4.32. The predicted octanol–water partition coefficient (Wildman–Crippen LogP) is 1.41. The van der Waals surface area contributed by atoms with Crippen LogP contribution in [0, 0.1) is 0 Å². The van der Waals surface area contributed by atoms with Gasteiger partial charge in [0.25, 0.3) is 0 Å². The number of methoxy groups -OCH3 is 1. The molecule has 0 saturated heterocycles. The van der Waals surface area contributed by atoms with Gasteiger partial charge in [-0.3, -0.25) is 4.79 Å². The van der Waals surface area contributed by atoms with Crippen molar-refractivity contribution in [3.8, 4) is 11.5 Å². The summed E-state index contributed by atoms with van der Waals surface area (Å²) in [7, 11) is 1.45. The molecule has 1 aliphatic carbocycles. The van der Waals surface area contributed by atoms with Crippen LogP contribution in [0.15, 0.2) is 18.2 Å². The van der Waals surface area contributed by atoms with Crippen molar-refractivity contribution in [1.29, 1.82) is 0 Å². The number of aliphatic hydroxyl groups is 1. The number of hydrogen-bond acceptors (Lipinski definition) is 7. The van der Waals surface area contributed by atoms with E-state index in [0.29, 0.717) is 16.9 Å². The number of phenols is 1. The van der Waals surface area contributed by atoms with Gasteiger partial charge in [-0.25, -0.2) is 4.79 Å². The highest BCUT2D eigenvalue weighted by molar-refractivity contribution is 6.03. The molecule has 7 nitrogen and oxygen atoms in total. The van der Waals surface area contributed by atoms with E-state index in [4.69, 9.17) is 14.2 Å². The quantitative estimate of drug-likeness (QED) is 0.788. The van der Waals surface area contributed by atoms with Gasteiger partial charge in [0.2, 0.25) is 0 Å². The molecule has 0 radical (unpaired) electrons. The maximum Gasteiger partial charge on any atom is 0.343 e. The Hall–Kier alpha value is -2.54. The van der Waals surface area contributed by atoms with Crippen molar-refractivity contribution in [2.45, 2.75) is 38.1 Å². The van der Waals surface area contributed by atoms with Crippen LogP contribution < -0.4 is 4.74 Å². The van der Waals surface area contributed by atoms with Gasteiger partial charge in [-0.1, -0.05) is 0 Å². The van der Waals surface area contributed by atoms with Crippen molar-refractivity contribution in [2.75, 3.05) is 7.11 Å². The summed E-state index contributed by atoms with van der Waals surface area (Å²) in [6, 6.07) is 2.94. The van der Waals surface area contributed by atoms with Gasteiger partial charge in [-0.05, 0) is 19.1 Å². The van der Waals surface area contributed by atoms with E-state index in [1.54, 1.807) is 19.1 Å². The molecule has 128 valence electrons. The Bertz CT molecular complexity index is 752. The molecule has 0 saturated carbocycles. The second-order valence-electron chi connectivity index (χ2n) is 6.12. The highest BCUT2D eigenvalue weighted by Gasteiger charge is 2.48. The number of rotatable bonds is 2. The van der Waals surface area contributed by atoms with Crippen LogP contribution in [0.3, 0.4) is 0 Å². The Labute approximate surface area is 138 Å². The van der Waals surface area contributed by atoms with E-state index in [9.17, 15) is 19.8 Å². The minimum Gasteiger partial charge on any atom is -0.507 e. The fourth-order valence-corrected chi connectivity index (χ4v) is 3.25. The van der Waals surface area contributed by atoms with Crippen LogP contribution in [-0.4, -0.2) is 47.1 Å². The van der Waals surface area contributed by atoms with Crippen molar-refractivity contribution >= 4 is 17.5 Å². The maximum absolute atomic E-state index is 12.3. The van der Waals surface area contributed by atoms with E-state index < -0.39 is 29.7 Å². The lowest BCUT2D eigenvalue weighted by Gasteiger charge is -2.43. The Morgan fingerprint density at radius 3 is 2.75 bits per heavy atom. The molecule has 3 rings (SSSR count). The number of esters is 2. The molecule has 1 aromatic rings. The predicted molar refractivity (Wildman–Crippen MR) is 82.6 cm³/mol. The van der Waals surface area contributed by atoms with E-state index in [1.807, 2.05) is 0 Å². The summed E-state index contributed by atoms with van der Waals surface area (Å²) in [4.78, 5) is 23.6. The molecule has 3 atom stereocenters. The summed E-state index contributed by atoms with van der Waals surface area (Å²) in [5.41, 5.74) is -0.0612. The Morgan fingerprint density at radius 2 is 2.12 bits per heavy atom. The topological polar surface area (TPSA) is 102 Å². The summed E-state index contributed by atoms with van der Waals surface area (Å²) in [6.45, 7) is 2.92. The zero-order chi connectivity index (χ0) is 17.6. The van der Waals surface area contributed by atoms with Crippen molar-refractivity contribution in [1.82, 2.24) is 0 Å². The van der Waals surface area contributed by atoms with Crippen LogP contribution in [0.1, 0.15) is 36.2 Å². The molecule has 1 heterocycles. The number of ether oxygens (including phenoxy) is 3. The molecule has 7 heteroatoms. The van der Waals surface area contributed by atoms with Crippen LogP contribution >= 0.6 is 0 Å². The Balaban J connectivity index is 2.20. The van der Waals surface area contributed by atoms with Gasteiger partial charge < -0.3 is 24.4 Å². The summed E-state index contributed by atoms with van der Waals surface area (Å²) in [6.07, 6.45) is -0.237. The molecule has 0 unspecified atom stereocenters. The van der Waals surface area contributed by atoms with Gasteiger partial charge in [-0.15, -0.1) is 0 Å². The summed E-state index contributed by atoms with van der Waals surface area (Å²) < 4.78 is 15.7. The zero-order valence-electron chi connectivity index (χ0n) is 13.5. The van der Waals surface area contributed by atoms with Crippen LogP contribution in [0.4, 0.5) is 0 Å². The number of phenolic OH excluding ortho intramolecular Hbond substituents is 1. The van der Waals surface area contributed by atoms with Crippen LogP contribution in [0.2, 0.25) is 0 Å². The molecule has 2 aliphatic rings. The average Bonchev–Trinajstić information content (AvgIpc) is 2.47. The minimum absolute atomic E-state index is 0.0255. The number of hydrogen-bond donors (Lipinski definition) is 2. The number of carbonyl (C=O) groups is 2. The third-order valence-corrected chi connectivity index (χ3v) is 4.32. The Morgan fingerprint density at radius 1 is 1.42 bits per heavy atom. The summed E-state index contributed by atoms with van der Waals surface area (Å²) in [5.74, 6) is -1.09.